The predicted octanol–water partition coefficient (Wildman–Crippen LogP) is 6.35. The van der Waals surface area contributed by atoms with Crippen molar-refractivity contribution >= 4 is 57.3 Å². The van der Waals surface area contributed by atoms with Gasteiger partial charge in [-0.15, -0.1) is 0 Å². The van der Waals surface area contributed by atoms with Crippen molar-refractivity contribution in [3.05, 3.63) is 81.1 Å². The van der Waals surface area contributed by atoms with E-state index in [0.717, 1.165) is 22.4 Å². The Morgan fingerprint density at radius 2 is 1.84 bits per heavy atom. The molecule has 194 valence electrons. The summed E-state index contributed by atoms with van der Waals surface area (Å²) in [5.74, 6) is 0.589. The Balaban J connectivity index is 1.47. The number of carbonyl (C=O) groups is 1. The van der Waals surface area contributed by atoms with Gasteiger partial charge in [0.25, 0.3) is 5.91 Å². The van der Waals surface area contributed by atoms with Crippen LogP contribution in [0.15, 0.2) is 54.9 Å². The zero-order valence-electron chi connectivity index (χ0n) is 20.2. The number of ether oxygens (including phenoxy) is 2. The maximum atomic E-state index is 13.8. The smallest absolute Gasteiger partial charge is 0.255 e. The lowest BCUT2D eigenvalue weighted by molar-refractivity contribution is 0.0923. The predicted molar refractivity (Wildman–Crippen MR) is 150 cm³/mol. The first kappa shape index (κ1) is 25.2. The molecule has 0 aliphatic carbocycles. The van der Waals surface area contributed by atoms with Gasteiger partial charge >= 0.3 is 0 Å². The van der Waals surface area contributed by atoms with E-state index in [1.807, 2.05) is 30.3 Å². The van der Waals surface area contributed by atoms with Gasteiger partial charge in [-0.2, -0.15) is 0 Å². The van der Waals surface area contributed by atoms with Gasteiger partial charge in [0.15, 0.2) is 0 Å². The van der Waals surface area contributed by atoms with Crippen LogP contribution in [0.1, 0.15) is 28.4 Å². The molecule has 0 bridgehead atoms. The molecule has 1 atom stereocenters. The number of carbonyl (C=O) groups excluding carboxylic acids is 1. The van der Waals surface area contributed by atoms with Gasteiger partial charge in [-0.05, 0) is 24.3 Å². The fraction of sp³-hybridized carbons (Fsp3) is 0.250. The van der Waals surface area contributed by atoms with E-state index in [2.05, 4.69) is 15.2 Å². The molecule has 1 N–H and O–H groups in total. The summed E-state index contributed by atoms with van der Waals surface area (Å²) in [4.78, 5) is 25.3. The monoisotopic (exact) mass is 568 g/mol. The number of rotatable bonds is 4. The molecule has 7 nitrogen and oxygen atoms in total. The molecule has 10 heteroatoms. The summed E-state index contributed by atoms with van der Waals surface area (Å²) in [5, 5.41) is 5.10. The standard InChI is InChI=1S/C28H23Cl3N4O3/c29-16-13-19(24(31)21(30)14-16)26-25-18(5-7-32-26)27(35-8-11-37-12-9-35)20(15-33-25)28(36)34-22-6-10-38-23-4-2-1-3-17(22)23/h1-5,7,13-15,22H,6,8-12H2,(H,34,36)/t22-/m0/s1. The van der Waals surface area contributed by atoms with Gasteiger partial charge < -0.3 is 19.7 Å². The number of pyridine rings is 2. The second kappa shape index (κ2) is 10.6. The molecule has 2 aliphatic heterocycles. The number of nitrogens with one attached hydrogen (secondary N) is 1. The molecular weight excluding hydrogens is 547 g/mol. The summed E-state index contributed by atoms with van der Waals surface area (Å²) in [5.41, 5.74) is 3.94. The number of halogens is 3. The Kier molecular flexibility index (Phi) is 7.01. The molecule has 0 radical (unpaired) electrons. The van der Waals surface area contributed by atoms with Gasteiger partial charge in [-0.1, -0.05) is 53.0 Å². The van der Waals surface area contributed by atoms with E-state index < -0.39 is 0 Å². The minimum absolute atomic E-state index is 0.166. The maximum absolute atomic E-state index is 13.8. The Morgan fingerprint density at radius 1 is 1.03 bits per heavy atom. The highest BCUT2D eigenvalue weighted by atomic mass is 35.5. The first-order valence-electron chi connectivity index (χ1n) is 12.3. The van der Waals surface area contributed by atoms with E-state index in [-0.39, 0.29) is 11.9 Å². The molecule has 6 rings (SSSR count). The van der Waals surface area contributed by atoms with Crippen LogP contribution >= 0.6 is 34.8 Å². The molecule has 2 aromatic heterocycles. The van der Waals surface area contributed by atoms with Crippen molar-refractivity contribution in [1.82, 2.24) is 15.3 Å². The fourth-order valence-electron chi connectivity index (χ4n) is 5.06. The molecule has 4 aromatic rings. The van der Waals surface area contributed by atoms with E-state index in [1.54, 1.807) is 24.5 Å². The molecule has 2 aromatic carbocycles. The van der Waals surface area contributed by atoms with Crippen LogP contribution in [0.5, 0.6) is 5.75 Å². The summed E-state index contributed by atoms with van der Waals surface area (Å²) in [7, 11) is 0. The molecular formula is C28H23Cl3N4O3. The average Bonchev–Trinajstić information content (AvgIpc) is 2.94. The van der Waals surface area contributed by atoms with Gasteiger partial charge in [0, 0.05) is 53.4 Å². The van der Waals surface area contributed by atoms with E-state index in [1.165, 1.54) is 0 Å². The first-order valence-corrected chi connectivity index (χ1v) is 13.4. The topological polar surface area (TPSA) is 76.6 Å². The average molecular weight is 570 g/mol. The van der Waals surface area contributed by atoms with Crippen molar-refractivity contribution in [3.8, 4) is 17.0 Å². The number of nitrogens with zero attached hydrogens (tertiary/aromatic N) is 3. The fourth-order valence-corrected chi connectivity index (χ4v) is 5.75. The van der Waals surface area contributed by atoms with Crippen LogP contribution in [0.3, 0.4) is 0 Å². The van der Waals surface area contributed by atoms with E-state index in [9.17, 15) is 4.79 Å². The summed E-state index contributed by atoms with van der Waals surface area (Å²) in [6.07, 6.45) is 3.97. The number of benzene rings is 2. The maximum Gasteiger partial charge on any atom is 0.255 e. The van der Waals surface area contributed by atoms with Crippen LogP contribution < -0.4 is 15.0 Å². The number of para-hydroxylation sites is 1. The molecule has 0 saturated carbocycles. The third kappa shape index (κ3) is 4.64. The van der Waals surface area contributed by atoms with Gasteiger partial charge in [-0.3, -0.25) is 14.8 Å². The minimum atomic E-state index is -0.204. The largest absolute Gasteiger partial charge is 0.493 e. The normalized spacial score (nSPS) is 17.1. The highest BCUT2D eigenvalue weighted by Crippen LogP contribution is 2.40. The second-order valence-electron chi connectivity index (χ2n) is 9.13. The minimum Gasteiger partial charge on any atom is -0.493 e. The summed E-state index contributed by atoms with van der Waals surface area (Å²) >= 11 is 19.2. The number of aromatic nitrogens is 2. The van der Waals surface area contributed by atoms with Gasteiger partial charge in [0.1, 0.15) is 5.75 Å². The van der Waals surface area contributed by atoms with Crippen LogP contribution in [0.2, 0.25) is 15.1 Å². The van der Waals surface area contributed by atoms with E-state index in [0.29, 0.717) is 76.7 Å². The van der Waals surface area contributed by atoms with Crippen LogP contribution in [0.25, 0.3) is 22.2 Å². The number of morpholine rings is 1. The Morgan fingerprint density at radius 3 is 2.68 bits per heavy atom. The quantitative estimate of drug-likeness (QED) is 0.289. The van der Waals surface area contributed by atoms with Gasteiger partial charge in [-0.25, -0.2) is 0 Å². The number of amides is 1. The zero-order chi connectivity index (χ0) is 26.2. The molecule has 1 saturated heterocycles. The summed E-state index contributed by atoms with van der Waals surface area (Å²) in [6, 6.07) is 12.8. The number of fused-ring (bicyclic) bond motifs is 2. The second-order valence-corrected chi connectivity index (χ2v) is 10.3. The molecule has 2 aliphatic rings. The van der Waals surface area contributed by atoms with Crippen molar-refractivity contribution in [2.24, 2.45) is 0 Å². The number of hydrogen-bond donors (Lipinski definition) is 1. The Labute approximate surface area is 234 Å². The van der Waals surface area contributed by atoms with Crippen LogP contribution in [0, 0.1) is 0 Å². The third-order valence-corrected chi connectivity index (χ3v) is 7.86. The highest BCUT2D eigenvalue weighted by molar-refractivity contribution is 6.45. The SMILES string of the molecule is O=C(N[C@H]1CCOc2ccccc21)c1cnc2c(-c3cc(Cl)cc(Cl)c3Cl)nccc2c1N1CCOCC1. The molecule has 1 fully saturated rings. The van der Waals surface area contributed by atoms with Crippen LogP contribution in [0.4, 0.5) is 5.69 Å². The summed E-state index contributed by atoms with van der Waals surface area (Å²) in [6.45, 7) is 2.94. The van der Waals surface area contributed by atoms with E-state index >= 15 is 0 Å². The first-order chi connectivity index (χ1) is 18.5. The zero-order valence-corrected chi connectivity index (χ0v) is 22.5. The van der Waals surface area contributed by atoms with Crippen molar-refractivity contribution in [1.29, 1.82) is 0 Å². The van der Waals surface area contributed by atoms with Gasteiger partial charge in [0.2, 0.25) is 0 Å². The van der Waals surface area contributed by atoms with Crippen LogP contribution in [-0.2, 0) is 4.74 Å². The Bertz CT molecular complexity index is 1540. The highest BCUT2D eigenvalue weighted by Gasteiger charge is 2.28. The lowest BCUT2D eigenvalue weighted by atomic mass is 9.99. The van der Waals surface area contributed by atoms with Crippen molar-refractivity contribution in [2.45, 2.75) is 12.5 Å². The summed E-state index contributed by atoms with van der Waals surface area (Å²) < 4.78 is 11.4. The van der Waals surface area contributed by atoms with Crippen LogP contribution in [-0.4, -0.2) is 48.8 Å². The van der Waals surface area contributed by atoms with Crippen molar-refractivity contribution in [3.63, 3.8) is 0 Å². The molecule has 4 heterocycles. The molecule has 0 spiro atoms. The number of anilines is 1. The van der Waals surface area contributed by atoms with Gasteiger partial charge in [0.05, 0.1) is 58.4 Å². The molecule has 0 unspecified atom stereocenters. The Hall–Kier alpha value is -3.10. The van der Waals surface area contributed by atoms with Crippen molar-refractivity contribution in [2.75, 3.05) is 37.8 Å². The lowest BCUT2D eigenvalue weighted by Crippen LogP contribution is -2.39. The lowest BCUT2D eigenvalue weighted by Gasteiger charge is -2.32. The number of hydrogen-bond acceptors (Lipinski definition) is 6. The third-order valence-electron chi connectivity index (χ3n) is 6.84. The van der Waals surface area contributed by atoms with E-state index in [4.69, 9.17) is 49.3 Å². The molecule has 1 amide bonds. The molecule has 38 heavy (non-hydrogen) atoms. The van der Waals surface area contributed by atoms with Crippen molar-refractivity contribution < 1.29 is 14.3 Å².